The lowest BCUT2D eigenvalue weighted by atomic mass is 10.0. The van der Waals surface area contributed by atoms with Crippen LogP contribution in [0.4, 0.5) is 0 Å². The summed E-state index contributed by atoms with van der Waals surface area (Å²) in [6.07, 6.45) is 3.08. The lowest BCUT2D eigenvalue weighted by Crippen LogP contribution is -2.38. The molecule has 0 aliphatic rings. The molecular formula is C14H30N2O2. The largest absolute Gasteiger partial charge is 0.465 e. The average molecular weight is 258 g/mol. The highest BCUT2D eigenvalue weighted by molar-refractivity contribution is 5.75. The third kappa shape index (κ3) is 6.97. The van der Waals surface area contributed by atoms with E-state index in [2.05, 4.69) is 25.7 Å². The molecule has 108 valence electrons. The van der Waals surface area contributed by atoms with Crippen LogP contribution in [0.25, 0.3) is 0 Å². The molecule has 0 aliphatic carbocycles. The number of carbonyl (C=O) groups excluding carboxylic acids is 1. The summed E-state index contributed by atoms with van der Waals surface area (Å²) >= 11 is 0. The molecule has 0 aromatic heterocycles. The summed E-state index contributed by atoms with van der Waals surface area (Å²) in [6.45, 7) is 11.8. The Hall–Kier alpha value is -0.610. The fourth-order valence-corrected chi connectivity index (χ4v) is 1.98. The van der Waals surface area contributed by atoms with Gasteiger partial charge in [0.05, 0.1) is 6.61 Å². The van der Waals surface area contributed by atoms with Gasteiger partial charge in [-0.15, -0.1) is 0 Å². The second-order valence-corrected chi connectivity index (χ2v) is 4.72. The second-order valence-electron chi connectivity index (χ2n) is 4.72. The first-order chi connectivity index (χ1) is 8.58. The average Bonchev–Trinajstić information content (AvgIpc) is 2.39. The quantitative estimate of drug-likeness (QED) is 0.609. The lowest BCUT2D eigenvalue weighted by molar-refractivity contribution is -0.144. The minimum Gasteiger partial charge on any atom is -0.465 e. The first-order valence-corrected chi connectivity index (χ1v) is 7.23. The zero-order chi connectivity index (χ0) is 14.0. The maximum absolute atomic E-state index is 11.4. The van der Waals surface area contributed by atoms with Crippen LogP contribution in [0.3, 0.4) is 0 Å². The SMILES string of the molecule is CCOC(=O)C(N)CCN(CC)CC(CC)CC. The predicted octanol–water partition coefficient (Wildman–Crippen LogP) is 2.02. The van der Waals surface area contributed by atoms with Gasteiger partial charge in [0, 0.05) is 13.1 Å². The molecule has 0 aromatic rings. The van der Waals surface area contributed by atoms with Crippen LogP contribution >= 0.6 is 0 Å². The molecule has 0 spiro atoms. The molecule has 18 heavy (non-hydrogen) atoms. The van der Waals surface area contributed by atoms with Crippen molar-refractivity contribution >= 4 is 5.97 Å². The van der Waals surface area contributed by atoms with Crippen molar-refractivity contribution in [1.29, 1.82) is 0 Å². The highest BCUT2D eigenvalue weighted by Gasteiger charge is 2.16. The molecule has 0 saturated carbocycles. The Bertz CT molecular complexity index is 218. The van der Waals surface area contributed by atoms with Crippen LogP contribution in [0.5, 0.6) is 0 Å². The number of nitrogens with two attached hydrogens (primary N) is 1. The Morgan fingerprint density at radius 2 is 1.83 bits per heavy atom. The minimum absolute atomic E-state index is 0.281. The minimum atomic E-state index is -0.485. The smallest absolute Gasteiger partial charge is 0.322 e. The fourth-order valence-electron chi connectivity index (χ4n) is 1.98. The van der Waals surface area contributed by atoms with Gasteiger partial charge >= 0.3 is 5.97 Å². The third-order valence-electron chi connectivity index (χ3n) is 3.46. The van der Waals surface area contributed by atoms with E-state index >= 15 is 0 Å². The van der Waals surface area contributed by atoms with Crippen molar-refractivity contribution in [1.82, 2.24) is 4.90 Å². The normalized spacial score (nSPS) is 13.1. The van der Waals surface area contributed by atoms with Gasteiger partial charge in [0.1, 0.15) is 6.04 Å². The van der Waals surface area contributed by atoms with Crippen LogP contribution in [0.2, 0.25) is 0 Å². The molecule has 1 atom stereocenters. The van der Waals surface area contributed by atoms with Gasteiger partial charge in [-0.25, -0.2) is 0 Å². The van der Waals surface area contributed by atoms with E-state index < -0.39 is 6.04 Å². The van der Waals surface area contributed by atoms with E-state index in [0.29, 0.717) is 13.0 Å². The van der Waals surface area contributed by atoms with E-state index in [1.807, 2.05) is 0 Å². The Kier molecular flexibility index (Phi) is 9.98. The van der Waals surface area contributed by atoms with Gasteiger partial charge < -0.3 is 15.4 Å². The van der Waals surface area contributed by atoms with Crippen molar-refractivity contribution in [3.63, 3.8) is 0 Å². The van der Waals surface area contributed by atoms with Crippen LogP contribution in [0, 0.1) is 5.92 Å². The van der Waals surface area contributed by atoms with Gasteiger partial charge in [0.15, 0.2) is 0 Å². The molecule has 0 radical (unpaired) electrons. The van der Waals surface area contributed by atoms with Crippen LogP contribution in [0.1, 0.15) is 47.0 Å². The Morgan fingerprint density at radius 1 is 1.22 bits per heavy atom. The van der Waals surface area contributed by atoms with E-state index in [9.17, 15) is 4.79 Å². The Labute approximate surface area is 112 Å². The number of ether oxygens (including phenoxy) is 1. The summed E-state index contributed by atoms with van der Waals surface area (Å²) in [6, 6.07) is -0.485. The van der Waals surface area contributed by atoms with E-state index in [1.165, 1.54) is 12.8 Å². The molecule has 0 aliphatic heterocycles. The molecule has 4 heteroatoms. The number of hydrogen-bond donors (Lipinski definition) is 1. The molecule has 0 heterocycles. The molecular weight excluding hydrogens is 228 g/mol. The Balaban J connectivity index is 4.02. The molecule has 0 amide bonds. The standard InChI is InChI=1S/C14H30N2O2/c1-5-12(6-2)11-16(7-3)10-9-13(15)14(17)18-8-4/h12-13H,5-11,15H2,1-4H3. The van der Waals surface area contributed by atoms with Gasteiger partial charge in [-0.3, -0.25) is 4.79 Å². The van der Waals surface area contributed by atoms with Crippen LogP contribution in [-0.4, -0.2) is 43.2 Å². The van der Waals surface area contributed by atoms with E-state index in [4.69, 9.17) is 10.5 Å². The van der Waals surface area contributed by atoms with Crippen molar-refractivity contribution in [2.45, 2.75) is 53.0 Å². The number of nitrogens with zero attached hydrogens (tertiary/aromatic N) is 1. The molecule has 2 N–H and O–H groups in total. The molecule has 1 unspecified atom stereocenters. The lowest BCUT2D eigenvalue weighted by Gasteiger charge is -2.26. The zero-order valence-electron chi connectivity index (χ0n) is 12.4. The molecule has 0 rings (SSSR count). The van der Waals surface area contributed by atoms with Crippen LogP contribution < -0.4 is 5.73 Å². The Morgan fingerprint density at radius 3 is 2.28 bits per heavy atom. The second kappa shape index (κ2) is 10.3. The summed E-state index contributed by atoms with van der Waals surface area (Å²) in [5.74, 6) is 0.458. The van der Waals surface area contributed by atoms with Gasteiger partial charge in [0.2, 0.25) is 0 Å². The summed E-state index contributed by atoms with van der Waals surface area (Å²) < 4.78 is 4.91. The number of esters is 1. The fraction of sp³-hybridized carbons (Fsp3) is 0.929. The monoisotopic (exact) mass is 258 g/mol. The maximum atomic E-state index is 11.4. The first kappa shape index (κ1) is 17.4. The van der Waals surface area contributed by atoms with Crippen molar-refractivity contribution in [2.75, 3.05) is 26.2 Å². The first-order valence-electron chi connectivity index (χ1n) is 7.23. The summed E-state index contributed by atoms with van der Waals surface area (Å²) in [7, 11) is 0. The molecule has 0 saturated heterocycles. The highest BCUT2D eigenvalue weighted by atomic mass is 16.5. The van der Waals surface area contributed by atoms with Gasteiger partial charge in [-0.05, 0) is 25.8 Å². The van der Waals surface area contributed by atoms with Crippen molar-refractivity contribution in [3.8, 4) is 0 Å². The molecule has 0 bridgehead atoms. The summed E-state index contributed by atoms with van der Waals surface area (Å²) in [4.78, 5) is 13.8. The van der Waals surface area contributed by atoms with Crippen molar-refractivity contribution in [2.24, 2.45) is 11.7 Å². The van der Waals surface area contributed by atoms with Gasteiger partial charge in [-0.2, -0.15) is 0 Å². The summed E-state index contributed by atoms with van der Waals surface area (Å²) in [5.41, 5.74) is 5.80. The number of carbonyl (C=O) groups is 1. The molecule has 4 nitrogen and oxygen atoms in total. The van der Waals surface area contributed by atoms with E-state index in [0.717, 1.165) is 25.6 Å². The van der Waals surface area contributed by atoms with E-state index in [-0.39, 0.29) is 5.97 Å². The van der Waals surface area contributed by atoms with Crippen LogP contribution in [-0.2, 0) is 9.53 Å². The van der Waals surface area contributed by atoms with Crippen molar-refractivity contribution in [3.05, 3.63) is 0 Å². The predicted molar refractivity (Wildman–Crippen MR) is 75.4 cm³/mol. The van der Waals surface area contributed by atoms with E-state index in [1.54, 1.807) is 6.92 Å². The number of hydrogen-bond acceptors (Lipinski definition) is 4. The van der Waals surface area contributed by atoms with Crippen LogP contribution in [0.15, 0.2) is 0 Å². The summed E-state index contributed by atoms with van der Waals surface area (Å²) in [5, 5.41) is 0. The van der Waals surface area contributed by atoms with Crippen molar-refractivity contribution < 1.29 is 9.53 Å². The third-order valence-corrected chi connectivity index (χ3v) is 3.46. The topological polar surface area (TPSA) is 55.6 Å². The van der Waals surface area contributed by atoms with Gasteiger partial charge in [0.25, 0.3) is 0 Å². The maximum Gasteiger partial charge on any atom is 0.322 e. The highest BCUT2D eigenvalue weighted by Crippen LogP contribution is 2.10. The van der Waals surface area contributed by atoms with Gasteiger partial charge in [-0.1, -0.05) is 33.6 Å². The zero-order valence-corrected chi connectivity index (χ0v) is 12.4. The molecule has 0 aromatic carbocycles. The molecule has 0 fully saturated rings. The number of rotatable bonds is 10.